The number of rotatable bonds is 2. The van der Waals surface area contributed by atoms with Gasteiger partial charge in [0, 0.05) is 18.2 Å². The lowest BCUT2D eigenvalue weighted by Gasteiger charge is -2.04. The molecule has 2 aromatic carbocycles. The standard InChI is InChI=1S/C8H3ClF2O5.C8H4F2O5/c9-3-1-5-6(16-8(10,11)15-5)2-4(3)14-7(12)13;9-8(10)14-5-2-1-4(13-7(11)12)3-6(5)15-8/h1-2H,(H,12,13);1-3H,(H,11,12). The minimum atomic E-state index is -3.78. The maximum absolute atomic E-state index is 12.6. The van der Waals surface area contributed by atoms with Gasteiger partial charge >= 0.3 is 24.9 Å². The van der Waals surface area contributed by atoms with Crippen LogP contribution < -0.4 is 28.4 Å². The van der Waals surface area contributed by atoms with Crippen molar-refractivity contribution in [3.8, 4) is 34.5 Å². The highest BCUT2D eigenvalue weighted by Gasteiger charge is 2.44. The molecule has 0 saturated heterocycles. The van der Waals surface area contributed by atoms with Gasteiger partial charge in [-0.2, -0.15) is 0 Å². The van der Waals surface area contributed by atoms with Crippen LogP contribution in [0.25, 0.3) is 0 Å². The number of hydrogen-bond acceptors (Lipinski definition) is 8. The van der Waals surface area contributed by atoms with E-state index in [9.17, 15) is 27.2 Å². The van der Waals surface area contributed by atoms with Gasteiger partial charge in [0.25, 0.3) is 0 Å². The van der Waals surface area contributed by atoms with Crippen LogP contribution in [0, 0.1) is 0 Å². The summed E-state index contributed by atoms with van der Waals surface area (Å²) in [7, 11) is 0. The average Bonchev–Trinajstić information content (AvgIpc) is 3.06. The topological polar surface area (TPSA) is 130 Å². The van der Waals surface area contributed by atoms with Gasteiger partial charge in [0.1, 0.15) is 5.75 Å². The van der Waals surface area contributed by atoms with E-state index in [4.69, 9.17) is 21.8 Å². The van der Waals surface area contributed by atoms with Crippen molar-refractivity contribution in [2.24, 2.45) is 0 Å². The van der Waals surface area contributed by atoms with Crippen molar-refractivity contribution in [1.82, 2.24) is 0 Å². The van der Waals surface area contributed by atoms with Gasteiger partial charge in [-0.1, -0.05) is 11.6 Å². The first-order valence-corrected chi connectivity index (χ1v) is 8.02. The van der Waals surface area contributed by atoms with Gasteiger partial charge < -0.3 is 38.6 Å². The fourth-order valence-electron chi connectivity index (χ4n) is 2.22. The zero-order valence-electron chi connectivity index (χ0n) is 14.4. The van der Waals surface area contributed by atoms with Crippen molar-refractivity contribution in [3.63, 3.8) is 0 Å². The van der Waals surface area contributed by atoms with Crippen LogP contribution >= 0.6 is 11.6 Å². The van der Waals surface area contributed by atoms with Crippen LogP contribution in [-0.4, -0.2) is 35.1 Å². The summed E-state index contributed by atoms with van der Waals surface area (Å²) in [6, 6.07) is 5.21. The number of carbonyl (C=O) groups is 2. The molecule has 15 heteroatoms. The summed E-state index contributed by atoms with van der Waals surface area (Å²) in [5.74, 6) is -1.49. The van der Waals surface area contributed by atoms with Crippen molar-refractivity contribution < 1.29 is 65.8 Å². The molecule has 2 aliphatic rings. The number of hydrogen-bond donors (Lipinski definition) is 2. The van der Waals surface area contributed by atoms with E-state index < -0.39 is 24.9 Å². The quantitative estimate of drug-likeness (QED) is 0.359. The van der Waals surface area contributed by atoms with Gasteiger partial charge in [-0.3, -0.25) is 0 Å². The third kappa shape index (κ3) is 5.42. The Bertz CT molecular complexity index is 1050. The lowest BCUT2D eigenvalue weighted by atomic mass is 10.3. The van der Waals surface area contributed by atoms with Gasteiger partial charge in [-0.25, -0.2) is 9.59 Å². The molecule has 0 bridgehead atoms. The molecule has 4 rings (SSSR count). The Hall–Kier alpha value is -3.81. The molecule has 0 amide bonds. The molecule has 10 nitrogen and oxygen atoms in total. The molecule has 0 aromatic heterocycles. The van der Waals surface area contributed by atoms with E-state index in [0.717, 1.165) is 24.3 Å². The Labute approximate surface area is 173 Å². The summed E-state index contributed by atoms with van der Waals surface area (Å²) in [5.41, 5.74) is 0. The van der Waals surface area contributed by atoms with E-state index in [-0.39, 0.29) is 39.5 Å². The minimum absolute atomic E-state index is 0.123. The van der Waals surface area contributed by atoms with Crippen LogP contribution in [-0.2, 0) is 0 Å². The van der Waals surface area contributed by atoms with E-state index in [1.165, 1.54) is 6.07 Å². The molecule has 0 aliphatic carbocycles. The smallest absolute Gasteiger partial charge is 0.449 e. The van der Waals surface area contributed by atoms with Crippen LogP contribution in [0.5, 0.6) is 34.5 Å². The summed E-state index contributed by atoms with van der Waals surface area (Å²) < 4.78 is 75.1. The summed E-state index contributed by atoms with van der Waals surface area (Å²) in [4.78, 5) is 20.4. The Balaban J connectivity index is 0.000000176. The molecule has 0 atom stereocenters. The van der Waals surface area contributed by atoms with Crippen molar-refractivity contribution in [2.75, 3.05) is 0 Å². The van der Waals surface area contributed by atoms with Gasteiger partial charge in [0.2, 0.25) is 0 Å². The average molecular weight is 471 g/mol. The highest BCUT2D eigenvalue weighted by molar-refractivity contribution is 6.32. The van der Waals surface area contributed by atoms with Crippen molar-refractivity contribution in [2.45, 2.75) is 12.6 Å². The maximum atomic E-state index is 12.6. The molecule has 31 heavy (non-hydrogen) atoms. The van der Waals surface area contributed by atoms with Gasteiger partial charge in [-0.05, 0) is 12.1 Å². The van der Waals surface area contributed by atoms with Gasteiger partial charge in [0.15, 0.2) is 28.7 Å². The first-order valence-electron chi connectivity index (χ1n) is 7.64. The molecular formula is C16H7ClF4O10. The van der Waals surface area contributed by atoms with Crippen LogP contribution in [0.4, 0.5) is 27.2 Å². The van der Waals surface area contributed by atoms with Crippen molar-refractivity contribution >= 4 is 23.9 Å². The van der Waals surface area contributed by atoms with Crippen LogP contribution in [0.15, 0.2) is 30.3 Å². The highest BCUT2D eigenvalue weighted by atomic mass is 35.5. The molecule has 0 unspecified atom stereocenters. The largest absolute Gasteiger partial charge is 0.586 e. The molecule has 0 spiro atoms. The normalized spacial score (nSPS) is 16.0. The predicted molar refractivity (Wildman–Crippen MR) is 87.6 cm³/mol. The van der Waals surface area contributed by atoms with E-state index >= 15 is 0 Å². The van der Waals surface area contributed by atoms with E-state index in [0.29, 0.717) is 0 Å². The summed E-state index contributed by atoms with van der Waals surface area (Å²) in [6.45, 7) is 0. The molecule has 2 N–H and O–H groups in total. The monoisotopic (exact) mass is 470 g/mol. The molecule has 0 saturated carbocycles. The number of alkyl halides is 4. The second-order valence-electron chi connectivity index (χ2n) is 5.41. The number of carboxylic acid groups (broad SMARTS) is 2. The maximum Gasteiger partial charge on any atom is 0.586 e. The van der Waals surface area contributed by atoms with Crippen LogP contribution in [0.1, 0.15) is 0 Å². The number of benzene rings is 2. The Kier molecular flexibility index (Phi) is 5.50. The Morgan fingerprint density at radius 3 is 1.81 bits per heavy atom. The predicted octanol–water partition coefficient (Wildman–Crippen LogP) is 4.78. The van der Waals surface area contributed by atoms with Crippen molar-refractivity contribution in [3.05, 3.63) is 35.4 Å². The lowest BCUT2D eigenvalue weighted by molar-refractivity contribution is -0.287. The third-order valence-electron chi connectivity index (χ3n) is 3.23. The van der Waals surface area contributed by atoms with E-state index in [1.54, 1.807) is 0 Å². The second-order valence-corrected chi connectivity index (χ2v) is 5.82. The van der Waals surface area contributed by atoms with Crippen LogP contribution in [0.2, 0.25) is 5.02 Å². The molecular weight excluding hydrogens is 464 g/mol. The fourth-order valence-corrected chi connectivity index (χ4v) is 2.41. The molecule has 0 radical (unpaired) electrons. The number of ether oxygens (including phenoxy) is 6. The molecule has 0 fully saturated rings. The number of halogens is 5. The third-order valence-corrected chi connectivity index (χ3v) is 3.53. The van der Waals surface area contributed by atoms with Crippen LogP contribution in [0.3, 0.4) is 0 Å². The molecule has 2 aliphatic heterocycles. The summed E-state index contributed by atoms with van der Waals surface area (Å²) in [5, 5.41) is 16.4. The lowest BCUT2D eigenvalue weighted by Crippen LogP contribution is -2.25. The zero-order chi connectivity index (χ0) is 23.0. The fraction of sp³-hybridized carbons (Fsp3) is 0.125. The summed E-state index contributed by atoms with van der Waals surface area (Å²) in [6.07, 6.45) is -10.7. The first-order chi connectivity index (χ1) is 14.3. The zero-order valence-corrected chi connectivity index (χ0v) is 15.2. The van der Waals surface area contributed by atoms with Gasteiger partial charge in [-0.15, -0.1) is 17.6 Å². The van der Waals surface area contributed by atoms with E-state index in [1.807, 2.05) is 0 Å². The Morgan fingerprint density at radius 2 is 1.26 bits per heavy atom. The molecule has 166 valence electrons. The van der Waals surface area contributed by atoms with Crippen molar-refractivity contribution in [1.29, 1.82) is 0 Å². The minimum Gasteiger partial charge on any atom is -0.449 e. The molecule has 2 heterocycles. The highest BCUT2D eigenvalue weighted by Crippen LogP contribution is 2.46. The SMILES string of the molecule is O=C(O)Oc1cc2c(cc1Cl)OC(F)(F)O2.O=C(O)Oc1ccc2c(c1)OC(F)(F)O2. The first kappa shape index (κ1) is 21.9. The summed E-state index contributed by atoms with van der Waals surface area (Å²) >= 11 is 5.58. The van der Waals surface area contributed by atoms with E-state index in [2.05, 4.69) is 28.4 Å². The van der Waals surface area contributed by atoms with Gasteiger partial charge in [0.05, 0.1) is 5.02 Å². The Morgan fingerprint density at radius 1 is 0.774 bits per heavy atom. The number of fused-ring (bicyclic) bond motifs is 2. The molecule has 2 aromatic rings. The second kappa shape index (κ2) is 7.79.